The number of carboxylic acid groups (broad SMARTS) is 1. The summed E-state index contributed by atoms with van der Waals surface area (Å²) in [5.41, 5.74) is 4.76. The summed E-state index contributed by atoms with van der Waals surface area (Å²) in [6, 6.07) is 7.67. The summed E-state index contributed by atoms with van der Waals surface area (Å²) in [6.07, 6.45) is 16.4. The smallest absolute Gasteiger partial charge is 0.335 e. The standard InChI is InChI=1S/C40H62N2O2/c1-8-42(9-2)26-25-41-27-40-20-10-11-32(40)31-16-17-34-37(5)21-18-30(28-12-14-29(15-13-28)35(43)44)36(3,4)33(37)19-22-39(34,7)38(31,6)23-24-40/h12-15,18,31-34,41H,8-11,16-17,19-27H2,1-7H3,(H,43,44)/t31?,32?,33?,34?,37?,38-,39?,40?/m1/s1. The molecular weight excluding hydrogens is 540 g/mol. The number of aromatic carboxylic acids is 1. The topological polar surface area (TPSA) is 52.6 Å². The minimum absolute atomic E-state index is 0.0702. The van der Waals surface area contributed by atoms with E-state index in [0.29, 0.717) is 33.1 Å². The number of benzene rings is 1. The highest BCUT2D eigenvalue weighted by Crippen LogP contribution is 2.77. The molecule has 5 aliphatic rings. The molecule has 44 heavy (non-hydrogen) atoms. The minimum Gasteiger partial charge on any atom is -0.478 e. The third kappa shape index (κ3) is 4.78. The van der Waals surface area contributed by atoms with E-state index in [-0.39, 0.29) is 5.41 Å². The van der Waals surface area contributed by atoms with Crippen LogP contribution in [0.1, 0.15) is 129 Å². The molecule has 4 saturated carbocycles. The summed E-state index contributed by atoms with van der Waals surface area (Å²) in [7, 11) is 0. The maximum atomic E-state index is 11.5. The summed E-state index contributed by atoms with van der Waals surface area (Å²) in [6.45, 7) is 23.6. The first-order valence-electron chi connectivity index (χ1n) is 18.3. The van der Waals surface area contributed by atoms with Crippen LogP contribution >= 0.6 is 0 Å². The van der Waals surface area contributed by atoms with Gasteiger partial charge in [0, 0.05) is 19.6 Å². The van der Waals surface area contributed by atoms with E-state index in [4.69, 9.17) is 0 Å². The average Bonchev–Trinajstić information content (AvgIpc) is 3.42. The molecule has 0 radical (unpaired) electrons. The van der Waals surface area contributed by atoms with Gasteiger partial charge in [0.25, 0.3) is 0 Å². The predicted octanol–water partition coefficient (Wildman–Crippen LogP) is 9.16. The molecule has 0 bridgehead atoms. The highest BCUT2D eigenvalue weighted by Gasteiger charge is 2.69. The Kier molecular flexibility index (Phi) is 8.48. The Morgan fingerprint density at radius 1 is 0.864 bits per heavy atom. The van der Waals surface area contributed by atoms with Crippen molar-refractivity contribution < 1.29 is 9.90 Å². The number of carboxylic acids is 1. The molecule has 7 unspecified atom stereocenters. The van der Waals surface area contributed by atoms with Crippen molar-refractivity contribution in [1.82, 2.24) is 10.2 Å². The third-order valence-electron chi connectivity index (χ3n) is 15.5. The van der Waals surface area contributed by atoms with Crippen molar-refractivity contribution in [2.45, 2.75) is 113 Å². The molecule has 0 heterocycles. The van der Waals surface area contributed by atoms with Gasteiger partial charge in [-0.15, -0.1) is 0 Å². The quantitative estimate of drug-likeness (QED) is 0.277. The maximum absolute atomic E-state index is 11.5. The van der Waals surface area contributed by atoms with E-state index in [1.807, 2.05) is 12.1 Å². The number of likely N-dealkylation sites (N-methyl/N-ethyl adjacent to an activating group) is 1. The Balaban J connectivity index is 1.23. The molecule has 0 aromatic heterocycles. The number of carbonyl (C=O) groups is 1. The Morgan fingerprint density at radius 3 is 2.27 bits per heavy atom. The summed E-state index contributed by atoms with van der Waals surface area (Å²) in [5, 5.41) is 13.4. The fourth-order valence-electron chi connectivity index (χ4n) is 13.0. The van der Waals surface area contributed by atoms with Crippen LogP contribution in [0.2, 0.25) is 0 Å². The molecule has 5 aliphatic carbocycles. The van der Waals surface area contributed by atoms with Crippen LogP contribution in [-0.4, -0.2) is 48.7 Å². The van der Waals surface area contributed by atoms with Crippen molar-refractivity contribution in [2.75, 3.05) is 32.7 Å². The molecule has 4 nitrogen and oxygen atoms in total. The summed E-state index contributed by atoms with van der Waals surface area (Å²) < 4.78 is 0. The largest absolute Gasteiger partial charge is 0.478 e. The molecule has 2 N–H and O–H groups in total. The van der Waals surface area contributed by atoms with Gasteiger partial charge in [-0.1, -0.05) is 73.1 Å². The molecule has 244 valence electrons. The zero-order chi connectivity index (χ0) is 31.5. The first kappa shape index (κ1) is 32.3. The first-order valence-corrected chi connectivity index (χ1v) is 18.3. The number of hydrogen-bond acceptors (Lipinski definition) is 3. The molecule has 4 fully saturated rings. The van der Waals surface area contributed by atoms with Gasteiger partial charge < -0.3 is 15.3 Å². The lowest BCUT2D eigenvalue weighted by molar-refractivity contribution is -0.222. The number of nitrogens with zero attached hydrogens (tertiary/aromatic N) is 1. The minimum atomic E-state index is -0.846. The van der Waals surface area contributed by atoms with Crippen molar-refractivity contribution >= 4 is 11.5 Å². The number of rotatable bonds is 9. The number of nitrogens with one attached hydrogen (secondary N) is 1. The molecule has 4 heteroatoms. The fraction of sp³-hybridized carbons (Fsp3) is 0.775. The van der Waals surface area contributed by atoms with Crippen LogP contribution in [0.25, 0.3) is 5.57 Å². The van der Waals surface area contributed by atoms with Crippen molar-refractivity contribution in [1.29, 1.82) is 0 Å². The van der Waals surface area contributed by atoms with Gasteiger partial charge in [-0.2, -0.15) is 0 Å². The van der Waals surface area contributed by atoms with E-state index < -0.39 is 5.97 Å². The lowest BCUT2D eigenvalue weighted by Crippen LogP contribution is -2.65. The highest BCUT2D eigenvalue weighted by atomic mass is 16.4. The van der Waals surface area contributed by atoms with E-state index in [1.165, 1.54) is 82.0 Å². The van der Waals surface area contributed by atoms with E-state index in [9.17, 15) is 9.90 Å². The van der Waals surface area contributed by atoms with Gasteiger partial charge in [0.2, 0.25) is 0 Å². The van der Waals surface area contributed by atoms with Crippen LogP contribution < -0.4 is 5.32 Å². The van der Waals surface area contributed by atoms with Gasteiger partial charge >= 0.3 is 5.97 Å². The monoisotopic (exact) mass is 602 g/mol. The molecular formula is C40H62N2O2. The van der Waals surface area contributed by atoms with Gasteiger partial charge in [-0.25, -0.2) is 4.79 Å². The second-order valence-corrected chi connectivity index (χ2v) is 17.2. The summed E-state index contributed by atoms with van der Waals surface area (Å²) in [4.78, 5) is 14.0. The highest BCUT2D eigenvalue weighted by molar-refractivity contribution is 5.88. The molecule has 8 atom stereocenters. The van der Waals surface area contributed by atoms with Crippen LogP contribution in [0, 0.1) is 50.7 Å². The van der Waals surface area contributed by atoms with Crippen LogP contribution in [0.15, 0.2) is 30.3 Å². The molecule has 0 spiro atoms. The number of allylic oxidation sites excluding steroid dienone is 2. The Bertz CT molecular complexity index is 1250. The van der Waals surface area contributed by atoms with Crippen LogP contribution in [0.4, 0.5) is 0 Å². The maximum Gasteiger partial charge on any atom is 0.335 e. The lowest BCUT2D eigenvalue weighted by Gasteiger charge is -2.72. The van der Waals surface area contributed by atoms with Gasteiger partial charge in [0.15, 0.2) is 0 Å². The number of hydrogen-bond donors (Lipinski definition) is 2. The lowest BCUT2D eigenvalue weighted by atomic mass is 9.32. The second-order valence-electron chi connectivity index (χ2n) is 17.2. The second kappa shape index (κ2) is 11.5. The fourth-order valence-corrected chi connectivity index (χ4v) is 13.0. The van der Waals surface area contributed by atoms with Crippen molar-refractivity contribution in [3.63, 3.8) is 0 Å². The van der Waals surface area contributed by atoms with Crippen LogP contribution in [0.5, 0.6) is 0 Å². The van der Waals surface area contributed by atoms with Gasteiger partial charge in [0.05, 0.1) is 5.56 Å². The van der Waals surface area contributed by atoms with Crippen molar-refractivity contribution in [3.05, 3.63) is 41.5 Å². The summed E-state index contributed by atoms with van der Waals surface area (Å²) >= 11 is 0. The Hall–Kier alpha value is -1.65. The van der Waals surface area contributed by atoms with E-state index >= 15 is 0 Å². The normalized spacial score (nSPS) is 40.9. The molecule has 0 amide bonds. The molecule has 1 aromatic carbocycles. The third-order valence-corrected chi connectivity index (χ3v) is 15.5. The Morgan fingerprint density at radius 2 is 1.59 bits per heavy atom. The predicted molar refractivity (Wildman–Crippen MR) is 183 cm³/mol. The van der Waals surface area contributed by atoms with Crippen molar-refractivity contribution in [2.24, 2.45) is 50.7 Å². The van der Waals surface area contributed by atoms with E-state index in [2.05, 4.69) is 64.8 Å². The number of fused-ring (bicyclic) bond motifs is 7. The van der Waals surface area contributed by atoms with Crippen molar-refractivity contribution in [3.8, 4) is 0 Å². The molecule has 0 aliphatic heterocycles. The van der Waals surface area contributed by atoms with Gasteiger partial charge in [0.1, 0.15) is 0 Å². The first-order chi connectivity index (χ1) is 20.9. The zero-order valence-electron chi connectivity index (χ0n) is 29.1. The Labute approximate surface area is 268 Å². The molecule has 6 rings (SSSR count). The SMILES string of the molecule is CCN(CC)CCNCC12CCCC1C1CCC3C4(C)CC=C(c5ccc(C(=O)O)cc5)C(C)(C)C4CCC3(C)[C@]1(C)CC2. The zero-order valence-corrected chi connectivity index (χ0v) is 29.1. The van der Waals surface area contributed by atoms with Crippen LogP contribution in [-0.2, 0) is 0 Å². The van der Waals surface area contributed by atoms with Gasteiger partial charge in [-0.3, -0.25) is 0 Å². The van der Waals surface area contributed by atoms with Gasteiger partial charge in [-0.05, 0) is 145 Å². The molecule has 1 aromatic rings. The average molecular weight is 603 g/mol. The van der Waals surface area contributed by atoms with E-state index in [0.717, 1.165) is 43.8 Å². The summed E-state index contributed by atoms with van der Waals surface area (Å²) in [5.74, 6) is 2.34. The van der Waals surface area contributed by atoms with E-state index in [1.54, 1.807) is 12.1 Å². The van der Waals surface area contributed by atoms with Crippen LogP contribution in [0.3, 0.4) is 0 Å². The molecule has 0 saturated heterocycles.